The first-order valence-electron chi connectivity index (χ1n) is 1.49. The second-order valence-corrected chi connectivity index (χ2v) is 1.69. The first kappa shape index (κ1) is 5.98. The third kappa shape index (κ3) is 3.98. The Balaban J connectivity index is 3.05. The number of rotatable bonds is 2. The Labute approximate surface area is 47.5 Å². The number of thiocarbonyl (C=S) groups is 2. The molecular formula is C3H5NS2. The molecule has 0 heterocycles. The van der Waals surface area contributed by atoms with Crippen molar-refractivity contribution >= 4 is 34.8 Å². The van der Waals surface area contributed by atoms with Crippen LogP contribution in [0, 0.1) is 0 Å². The van der Waals surface area contributed by atoms with Gasteiger partial charge in [0.15, 0.2) is 0 Å². The van der Waals surface area contributed by atoms with Gasteiger partial charge in [-0.2, -0.15) is 0 Å². The van der Waals surface area contributed by atoms with Gasteiger partial charge in [0.05, 0.1) is 4.99 Å². The lowest BCUT2D eigenvalue weighted by atomic mass is 10.5. The van der Waals surface area contributed by atoms with Crippen LogP contribution >= 0.6 is 24.4 Å². The molecule has 0 aliphatic rings. The summed E-state index contributed by atoms with van der Waals surface area (Å²) in [7, 11) is 0. The summed E-state index contributed by atoms with van der Waals surface area (Å²) >= 11 is 8.91. The molecule has 0 atom stereocenters. The van der Waals surface area contributed by atoms with Crippen LogP contribution in [0.3, 0.4) is 0 Å². The van der Waals surface area contributed by atoms with E-state index in [-0.39, 0.29) is 0 Å². The third-order valence-corrected chi connectivity index (χ3v) is 0.618. The molecule has 0 saturated heterocycles. The van der Waals surface area contributed by atoms with Crippen LogP contribution < -0.4 is 5.73 Å². The Bertz CT molecular complexity index is 69.2. The van der Waals surface area contributed by atoms with Crippen LogP contribution in [-0.4, -0.2) is 10.4 Å². The van der Waals surface area contributed by atoms with Gasteiger partial charge in [-0.1, -0.05) is 24.4 Å². The summed E-state index contributed by atoms with van der Waals surface area (Å²) in [5, 5.41) is 1.52. The zero-order valence-corrected chi connectivity index (χ0v) is 4.81. The van der Waals surface area contributed by atoms with Gasteiger partial charge in [-0.15, -0.1) is 0 Å². The first-order valence-corrected chi connectivity index (χ1v) is 2.37. The topological polar surface area (TPSA) is 26.0 Å². The molecule has 0 aromatic carbocycles. The van der Waals surface area contributed by atoms with Crippen molar-refractivity contribution in [2.24, 2.45) is 5.73 Å². The van der Waals surface area contributed by atoms with Crippen LogP contribution in [0.4, 0.5) is 0 Å². The highest BCUT2D eigenvalue weighted by Crippen LogP contribution is 1.70. The summed E-state index contributed by atoms with van der Waals surface area (Å²) in [6, 6.07) is 0. The highest BCUT2D eigenvalue weighted by atomic mass is 32.1. The second kappa shape index (κ2) is 3.18. The summed E-state index contributed by atoms with van der Waals surface area (Å²) < 4.78 is 0. The van der Waals surface area contributed by atoms with E-state index in [4.69, 9.17) is 5.73 Å². The lowest BCUT2D eigenvalue weighted by Gasteiger charge is -1.79. The normalized spacial score (nSPS) is 7.33. The second-order valence-electron chi connectivity index (χ2n) is 0.837. The molecule has 6 heavy (non-hydrogen) atoms. The minimum Gasteiger partial charge on any atom is -0.393 e. The molecule has 34 valence electrons. The van der Waals surface area contributed by atoms with Crippen molar-refractivity contribution < 1.29 is 0 Å². The van der Waals surface area contributed by atoms with E-state index in [9.17, 15) is 0 Å². The molecular weight excluding hydrogens is 114 g/mol. The Kier molecular flexibility index (Phi) is 3.17. The molecule has 0 spiro atoms. The largest absolute Gasteiger partial charge is 0.393 e. The monoisotopic (exact) mass is 119 g/mol. The minimum atomic E-state index is 0.463. The summed E-state index contributed by atoms with van der Waals surface area (Å²) in [6.07, 6.45) is 0.574. The van der Waals surface area contributed by atoms with Crippen LogP contribution in [-0.2, 0) is 0 Å². The highest BCUT2D eigenvalue weighted by molar-refractivity contribution is 7.81. The van der Waals surface area contributed by atoms with Crippen LogP contribution in [0.15, 0.2) is 0 Å². The summed E-state index contributed by atoms with van der Waals surface area (Å²) in [5.41, 5.74) is 5.04. The van der Waals surface area contributed by atoms with Gasteiger partial charge in [0.2, 0.25) is 0 Å². The van der Waals surface area contributed by atoms with Crippen molar-refractivity contribution in [3.8, 4) is 0 Å². The Morgan fingerprint density at radius 2 is 2.33 bits per heavy atom. The van der Waals surface area contributed by atoms with E-state index in [0.717, 1.165) is 0 Å². The van der Waals surface area contributed by atoms with Gasteiger partial charge in [-0.3, -0.25) is 0 Å². The molecule has 0 fully saturated rings. The van der Waals surface area contributed by atoms with E-state index in [1.165, 1.54) is 5.37 Å². The lowest BCUT2D eigenvalue weighted by molar-refractivity contribution is 1.62. The third-order valence-electron chi connectivity index (χ3n) is 0.285. The standard InChI is InChI=1S/C3H5NS2/c4-3(6)1-2-5/h2H,1H2,(H2,4,6). The SMILES string of the molecule is NC(=S)CC=S. The Morgan fingerprint density at radius 3 is 2.33 bits per heavy atom. The van der Waals surface area contributed by atoms with E-state index in [1.54, 1.807) is 0 Å². The maximum absolute atomic E-state index is 5.04. The van der Waals surface area contributed by atoms with E-state index in [0.29, 0.717) is 11.4 Å². The van der Waals surface area contributed by atoms with Gasteiger partial charge >= 0.3 is 0 Å². The zero-order chi connectivity index (χ0) is 4.99. The van der Waals surface area contributed by atoms with Crippen molar-refractivity contribution in [2.45, 2.75) is 6.42 Å². The van der Waals surface area contributed by atoms with Gasteiger partial charge in [0.1, 0.15) is 0 Å². The molecule has 0 bridgehead atoms. The average molecular weight is 119 g/mol. The van der Waals surface area contributed by atoms with Gasteiger partial charge in [0, 0.05) is 6.42 Å². The van der Waals surface area contributed by atoms with Crippen molar-refractivity contribution in [1.82, 2.24) is 0 Å². The molecule has 0 amide bonds. The smallest absolute Gasteiger partial charge is 0.0774 e. The van der Waals surface area contributed by atoms with E-state index < -0.39 is 0 Å². The summed E-state index contributed by atoms with van der Waals surface area (Å²) in [4.78, 5) is 0.463. The van der Waals surface area contributed by atoms with E-state index in [2.05, 4.69) is 24.4 Å². The van der Waals surface area contributed by atoms with Gasteiger partial charge < -0.3 is 5.73 Å². The van der Waals surface area contributed by atoms with Gasteiger partial charge in [-0.25, -0.2) is 0 Å². The molecule has 0 radical (unpaired) electrons. The quantitative estimate of drug-likeness (QED) is 0.541. The maximum Gasteiger partial charge on any atom is 0.0774 e. The fourth-order valence-corrected chi connectivity index (χ4v) is 0.451. The van der Waals surface area contributed by atoms with E-state index >= 15 is 0 Å². The Hall–Kier alpha value is -0.0200. The first-order chi connectivity index (χ1) is 2.77. The number of hydrogen-bond acceptors (Lipinski definition) is 2. The average Bonchev–Trinajstić information content (AvgIpc) is 1.35. The molecule has 0 unspecified atom stereocenters. The highest BCUT2D eigenvalue weighted by Gasteiger charge is 1.76. The van der Waals surface area contributed by atoms with Crippen molar-refractivity contribution in [1.29, 1.82) is 0 Å². The molecule has 0 aliphatic heterocycles. The number of nitrogens with two attached hydrogens (primary N) is 1. The molecule has 0 aliphatic carbocycles. The van der Waals surface area contributed by atoms with Crippen molar-refractivity contribution in [3.63, 3.8) is 0 Å². The van der Waals surface area contributed by atoms with Crippen molar-refractivity contribution in [3.05, 3.63) is 0 Å². The van der Waals surface area contributed by atoms with Crippen molar-refractivity contribution in [2.75, 3.05) is 0 Å². The lowest BCUT2D eigenvalue weighted by Crippen LogP contribution is -2.06. The minimum absolute atomic E-state index is 0.463. The molecule has 0 rings (SSSR count). The van der Waals surface area contributed by atoms with Gasteiger partial charge in [0.25, 0.3) is 0 Å². The predicted molar refractivity (Wildman–Crippen MR) is 35.1 cm³/mol. The maximum atomic E-state index is 5.04. The summed E-state index contributed by atoms with van der Waals surface area (Å²) in [6.45, 7) is 0. The summed E-state index contributed by atoms with van der Waals surface area (Å²) in [5.74, 6) is 0. The zero-order valence-electron chi connectivity index (χ0n) is 3.18. The van der Waals surface area contributed by atoms with Crippen LogP contribution in [0.1, 0.15) is 6.42 Å². The fraction of sp³-hybridized carbons (Fsp3) is 0.333. The number of hydrogen-bond donors (Lipinski definition) is 1. The predicted octanol–water partition coefficient (Wildman–Crippen LogP) is 0.662. The molecule has 3 heteroatoms. The van der Waals surface area contributed by atoms with Crippen LogP contribution in [0.25, 0.3) is 0 Å². The van der Waals surface area contributed by atoms with Crippen LogP contribution in [0.2, 0.25) is 0 Å². The van der Waals surface area contributed by atoms with Gasteiger partial charge in [-0.05, 0) is 5.37 Å². The molecule has 1 nitrogen and oxygen atoms in total. The fourth-order valence-electron chi connectivity index (χ4n) is 0.0821. The molecule has 2 N–H and O–H groups in total. The van der Waals surface area contributed by atoms with Crippen LogP contribution in [0.5, 0.6) is 0 Å². The van der Waals surface area contributed by atoms with E-state index in [1.807, 2.05) is 0 Å². The molecule has 0 aromatic rings. The Morgan fingerprint density at radius 1 is 1.83 bits per heavy atom. The molecule has 0 aromatic heterocycles. The molecule has 0 saturated carbocycles.